The van der Waals surface area contributed by atoms with E-state index in [2.05, 4.69) is 0 Å². The molecule has 1 N–H and O–H groups in total. The first-order valence-corrected chi connectivity index (χ1v) is 8.69. The van der Waals surface area contributed by atoms with Crippen LogP contribution in [0.15, 0.2) is 18.2 Å². The van der Waals surface area contributed by atoms with E-state index in [1.807, 2.05) is 45.9 Å². The molecule has 23 heavy (non-hydrogen) atoms. The first kappa shape index (κ1) is 17.9. The van der Waals surface area contributed by atoms with Gasteiger partial charge in [-0.05, 0) is 32.3 Å². The molecule has 5 nitrogen and oxygen atoms in total. The van der Waals surface area contributed by atoms with Crippen LogP contribution >= 0.6 is 12.2 Å². The van der Waals surface area contributed by atoms with Gasteiger partial charge in [0.05, 0.1) is 12.6 Å². The summed E-state index contributed by atoms with van der Waals surface area (Å²) in [7, 11) is 0. The third kappa shape index (κ3) is 4.54. The van der Waals surface area contributed by atoms with Crippen LogP contribution in [0.5, 0.6) is 5.75 Å². The summed E-state index contributed by atoms with van der Waals surface area (Å²) in [6.07, 6.45) is 1.58. The molecular formula is C17H25NO4S. The van der Waals surface area contributed by atoms with E-state index in [1.165, 1.54) is 4.31 Å². The lowest BCUT2D eigenvalue weighted by atomic mass is 10.0. The quantitative estimate of drug-likeness (QED) is 0.579. The Morgan fingerprint density at radius 2 is 2.13 bits per heavy atom. The fraction of sp³-hybridized carbons (Fsp3) is 0.588. The van der Waals surface area contributed by atoms with Crippen LogP contribution in [-0.2, 0) is 17.1 Å². The van der Waals surface area contributed by atoms with Gasteiger partial charge in [-0.3, -0.25) is 4.18 Å². The Morgan fingerprint density at radius 3 is 2.74 bits per heavy atom. The first-order chi connectivity index (χ1) is 10.9. The van der Waals surface area contributed by atoms with Gasteiger partial charge in [-0.1, -0.05) is 32.0 Å². The Balaban J connectivity index is 2.10. The van der Waals surface area contributed by atoms with Gasteiger partial charge in [0.15, 0.2) is 0 Å². The monoisotopic (exact) mass is 339 g/mol. The second kappa shape index (κ2) is 7.45. The van der Waals surface area contributed by atoms with E-state index in [9.17, 15) is 9.90 Å². The molecule has 0 spiro atoms. The summed E-state index contributed by atoms with van der Waals surface area (Å²) in [5.41, 5.74) is 1.76. The van der Waals surface area contributed by atoms with Crippen LogP contribution in [-0.4, -0.2) is 27.2 Å². The predicted molar refractivity (Wildman–Crippen MR) is 91.5 cm³/mol. The number of nitrogens with zero attached hydrogens (tertiary/aromatic N) is 1. The third-order valence-electron chi connectivity index (χ3n) is 3.88. The second-order valence-corrected chi connectivity index (χ2v) is 7.15. The van der Waals surface area contributed by atoms with Crippen LogP contribution in [0.3, 0.4) is 0 Å². The SMILES string of the molecule is CCC(CC)OSN(Cc1cccc2c1OC(C)(C)C2)C(=O)O. The van der Waals surface area contributed by atoms with Gasteiger partial charge in [0, 0.05) is 12.0 Å². The Kier molecular flexibility index (Phi) is 5.81. The molecule has 0 aliphatic carbocycles. The van der Waals surface area contributed by atoms with Gasteiger partial charge in [-0.2, -0.15) is 0 Å². The minimum atomic E-state index is -1.02. The van der Waals surface area contributed by atoms with Gasteiger partial charge in [0.25, 0.3) is 0 Å². The molecule has 1 aromatic carbocycles. The number of carboxylic acid groups (broad SMARTS) is 1. The van der Waals surface area contributed by atoms with Crippen molar-refractivity contribution in [3.05, 3.63) is 29.3 Å². The number of ether oxygens (including phenoxy) is 1. The maximum Gasteiger partial charge on any atom is 0.419 e. The van der Waals surface area contributed by atoms with Crippen molar-refractivity contribution in [3.63, 3.8) is 0 Å². The minimum Gasteiger partial charge on any atom is -0.487 e. The fourth-order valence-corrected chi connectivity index (χ4v) is 3.38. The van der Waals surface area contributed by atoms with Gasteiger partial charge < -0.3 is 9.84 Å². The van der Waals surface area contributed by atoms with Gasteiger partial charge in [0.2, 0.25) is 0 Å². The lowest BCUT2D eigenvalue weighted by Crippen LogP contribution is -2.26. The van der Waals surface area contributed by atoms with Gasteiger partial charge in [-0.15, -0.1) is 0 Å². The standard InChI is InChI=1S/C17H25NO4S/c1-5-14(6-2)22-23-18(16(19)20)11-13-9-7-8-12-10-17(3,4)21-15(12)13/h7-9,14H,5-6,10-11H2,1-4H3,(H,19,20). The molecule has 1 amide bonds. The predicted octanol–water partition coefficient (Wildman–Crippen LogP) is 4.65. The molecule has 1 aliphatic rings. The fourth-order valence-electron chi connectivity index (χ4n) is 2.62. The molecule has 0 saturated heterocycles. The largest absolute Gasteiger partial charge is 0.487 e. The van der Waals surface area contributed by atoms with Crippen molar-refractivity contribution in [3.8, 4) is 5.75 Å². The molecule has 0 saturated carbocycles. The third-order valence-corrected chi connectivity index (χ3v) is 4.70. The first-order valence-electron chi connectivity index (χ1n) is 8.00. The zero-order valence-corrected chi connectivity index (χ0v) is 15.0. The minimum absolute atomic E-state index is 0.0542. The second-order valence-electron chi connectivity index (χ2n) is 6.37. The van der Waals surface area contributed by atoms with Crippen LogP contribution < -0.4 is 4.74 Å². The maximum atomic E-state index is 11.5. The van der Waals surface area contributed by atoms with Crippen LogP contribution in [0.4, 0.5) is 4.79 Å². The van der Waals surface area contributed by atoms with Crippen molar-refractivity contribution in [1.82, 2.24) is 4.31 Å². The number of rotatable bonds is 7. The normalized spacial score (nSPS) is 15.3. The Hall–Kier alpha value is -1.40. The number of carbonyl (C=O) groups is 1. The van der Waals surface area contributed by atoms with Crippen molar-refractivity contribution >= 4 is 18.3 Å². The van der Waals surface area contributed by atoms with E-state index in [-0.39, 0.29) is 18.2 Å². The van der Waals surface area contributed by atoms with Gasteiger partial charge in [0.1, 0.15) is 23.6 Å². The molecular weight excluding hydrogens is 314 g/mol. The lowest BCUT2D eigenvalue weighted by Gasteiger charge is -2.22. The molecule has 1 aliphatic heterocycles. The number of fused-ring (bicyclic) bond motifs is 1. The van der Waals surface area contributed by atoms with E-state index in [0.717, 1.165) is 48.4 Å². The molecule has 6 heteroatoms. The smallest absolute Gasteiger partial charge is 0.419 e. The van der Waals surface area contributed by atoms with Crippen LogP contribution in [0, 0.1) is 0 Å². The molecule has 0 aromatic heterocycles. The lowest BCUT2D eigenvalue weighted by molar-refractivity contribution is 0.136. The van der Waals surface area contributed by atoms with Crippen LogP contribution in [0.1, 0.15) is 51.7 Å². The molecule has 0 fully saturated rings. The highest BCUT2D eigenvalue weighted by molar-refractivity contribution is 7.92. The summed E-state index contributed by atoms with van der Waals surface area (Å²) in [6.45, 7) is 8.37. The zero-order chi connectivity index (χ0) is 17.0. The van der Waals surface area contributed by atoms with Crippen molar-refractivity contribution in [2.24, 2.45) is 0 Å². The summed E-state index contributed by atoms with van der Waals surface area (Å²) in [5, 5.41) is 9.43. The molecule has 128 valence electrons. The average molecular weight is 339 g/mol. The van der Waals surface area contributed by atoms with Crippen LogP contribution in [0.2, 0.25) is 0 Å². The molecule has 2 rings (SSSR count). The molecule has 1 heterocycles. The topological polar surface area (TPSA) is 59.0 Å². The van der Waals surface area contributed by atoms with Gasteiger partial charge in [-0.25, -0.2) is 9.10 Å². The number of amides is 1. The highest BCUT2D eigenvalue weighted by atomic mass is 32.2. The van der Waals surface area contributed by atoms with E-state index in [0.29, 0.717) is 0 Å². The number of benzene rings is 1. The van der Waals surface area contributed by atoms with E-state index in [4.69, 9.17) is 8.92 Å². The molecule has 1 aromatic rings. The summed E-state index contributed by atoms with van der Waals surface area (Å²) in [6, 6.07) is 5.89. The Bertz CT molecular complexity index is 558. The molecule has 0 radical (unpaired) electrons. The van der Waals surface area contributed by atoms with Crippen molar-refractivity contribution in [2.45, 2.75) is 65.2 Å². The van der Waals surface area contributed by atoms with Crippen molar-refractivity contribution in [2.75, 3.05) is 0 Å². The van der Waals surface area contributed by atoms with E-state index >= 15 is 0 Å². The summed E-state index contributed by atoms with van der Waals surface area (Å²) in [4.78, 5) is 11.5. The van der Waals surface area contributed by atoms with Crippen molar-refractivity contribution < 1.29 is 18.8 Å². The molecule has 0 atom stereocenters. The van der Waals surface area contributed by atoms with E-state index in [1.54, 1.807) is 0 Å². The average Bonchev–Trinajstić information content (AvgIpc) is 2.81. The van der Waals surface area contributed by atoms with Gasteiger partial charge >= 0.3 is 6.09 Å². The summed E-state index contributed by atoms with van der Waals surface area (Å²) >= 11 is 0.905. The van der Waals surface area contributed by atoms with Crippen LogP contribution in [0.25, 0.3) is 0 Å². The van der Waals surface area contributed by atoms with Crippen molar-refractivity contribution in [1.29, 1.82) is 0 Å². The van der Waals surface area contributed by atoms with E-state index < -0.39 is 6.09 Å². The molecule has 0 bridgehead atoms. The maximum absolute atomic E-state index is 11.5. The number of hydrogen-bond donors (Lipinski definition) is 1. The molecule has 0 unspecified atom stereocenters. The Morgan fingerprint density at radius 1 is 1.43 bits per heavy atom. The number of para-hydroxylation sites is 1. The highest BCUT2D eigenvalue weighted by Gasteiger charge is 2.32. The summed E-state index contributed by atoms with van der Waals surface area (Å²) in [5.74, 6) is 0.812. The zero-order valence-electron chi connectivity index (χ0n) is 14.2. The number of hydrogen-bond acceptors (Lipinski definition) is 4. The Labute approximate surface area is 142 Å². The summed E-state index contributed by atoms with van der Waals surface area (Å²) < 4.78 is 12.8. The highest BCUT2D eigenvalue weighted by Crippen LogP contribution is 2.38.